The predicted molar refractivity (Wildman–Crippen MR) is 110 cm³/mol. The quantitative estimate of drug-likeness (QED) is 0.717. The molecule has 1 atom stereocenters. The van der Waals surface area contributed by atoms with E-state index < -0.39 is 8.07 Å². The molecule has 1 aliphatic heterocycles. The van der Waals surface area contributed by atoms with Crippen molar-refractivity contribution in [3.05, 3.63) is 53.1 Å². The predicted octanol–water partition coefficient (Wildman–Crippen LogP) is 5.61. The highest BCUT2D eigenvalue weighted by Crippen LogP contribution is 2.48. The first-order valence-corrected chi connectivity index (χ1v) is 13.2. The van der Waals surface area contributed by atoms with Crippen LogP contribution in [-0.4, -0.2) is 19.7 Å². The van der Waals surface area contributed by atoms with Crippen molar-refractivity contribution in [2.45, 2.75) is 50.8 Å². The molecule has 0 radical (unpaired) electrons. The van der Waals surface area contributed by atoms with Crippen LogP contribution in [0, 0.1) is 20.8 Å². The van der Waals surface area contributed by atoms with Crippen LogP contribution in [0.5, 0.6) is 0 Å². The van der Waals surface area contributed by atoms with Gasteiger partial charge in [0.05, 0.1) is 13.8 Å². The molecule has 0 saturated heterocycles. The molecule has 128 valence electrons. The largest absolute Gasteiger partial charge is 0.314 e. The average Bonchev–Trinajstić information content (AvgIpc) is 2.82. The molecule has 1 unspecified atom stereocenters. The standard InChI is InChI=1S/C20H28N2SSi/c1-14-11-15(2)19(16(3)12-14)22-17-9-7-8-10-18(17)23-20(22)21-13-24(4,5)6/h7-12,20-21H,13H2,1-6H3. The number of anilines is 2. The van der Waals surface area contributed by atoms with Gasteiger partial charge < -0.3 is 4.90 Å². The van der Waals surface area contributed by atoms with Gasteiger partial charge in [-0.05, 0) is 50.2 Å². The second kappa shape index (κ2) is 6.58. The molecule has 0 saturated carbocycles. The first-order valence-electron chi connectivity index (χ1n) is 8.62. The summed E-state index contributed by atoms with van der Waals surface area (Å²) >= 11 is 1.94. The van der Waals surface area contributed by atoms with Gasteiger partial charge in [0.1, 0.15) is 5.50 Å². The fraction of sp³-hybridized carbons (Fsp3) is 0.400. The minimum atomic E-state index is -1.15. The summed E-state index contributed by atoms with van der Waals surface area (Å²) in [6.45, 7) is 13.9. The summed E-state index contributed by atoms with van der Waals surface area (Å²) in [6.07, 6.45) is 1.12. The molecule has 2 aromatic rings. The zero-order valence-electron chi connectivity index (χ0n) is 15.6. The summed E-state index contributed by atoms with van der Waals surface area (Å²) in [6, 6.07) is 13.4. The molecule has 3 rings (SSSR count). The van der Waals surface area contributed by atoms with Gasteiger partial charge in [0.25, 0.3) is 0 Å². The number of benzene rings is 2. The first kappa shape index (κ1) is 17.6. The molecule has 2 aromatic carbocycles. The lowest BCUT2D eigenvalue weighted by atomic mass is 10.0. The molecule has 1 heterocycles. The number of fused-ring (bicyclic) bond motifs is 1. The van der Waals surface area contributed by atoms with Gasteiger partial charge in [-0.1, -0.05) is 61.2 Å². The zero-order valence-corrected chi connectivity index (χ0v) is 17.4. The van der Waals surface area contributed by atoms with E-state index in [1.807, 2.05) is 11.8 Å². The van der Waals surface area contributed by atoms with Crippen molar-refractivity contribution in [3.8, 4) is 0 Å². The van der Waals surface area contributed by atoms with Crippen molar-refractivity contribution >= 4 is 31.2 Å². The number of para-hydroxylation sites is 1. The summed E-state index contributed by atoms with van der Waals surface area (Å²) in [7, 11) is -1.15. The molecule has 0 fully saturated rings. The molecular weight excluding hydrogens is 328 g/mol. The zero-order chi connectivity index (χ0) is 17.5. The third kappa shape index (κ3) is 3.56. The lowest BCUT2D eigenvalue weighted by Gasteiger charge is -2.32. The maximum Gasteiger partial charge on any atom is 0.137 e. The van der Waals surface area contributed by atoms with Crippen molar-refractivity contribution < 1.29 is 0 Å². The van der Waals surface area contributed by atoms with Gasteiger partial charge >= 0.3 is 0 Å². The lowest BCUT2D eigenvalue weighted by molar-refractivity contribution is 0.724. The van der Waals surface area contributed by atoms with E-state index in [1.54, 1.807) is 0 Å². The highest BCUT2D eigenvalue weighted by Gasteiger charge is 2.33. The van der Waals surface area contributed by atoms with Crippen LogP contribution in [0.3, 0.4) is 0 Å². The van der Waals surface area contributed by atoms with E-state index in [4.69, 9.17) is 0 Å². The molecule has 4 heteroatoms. The summed E-state index contributed by atoms with van der Waals surface area (Å²) in [5.41, 5.74) is 6.99. The Labute approximate surface area is 151 Å². The Morgan fingerprint density at radius 1 is 1.04 bits per heavy atom. The number of nitrogens with one attached hydrogen (secondary N) is 1. The van der Waals surface area contributed by atoms with Gasteiger partial charge in [0.15, 0.2) is 0 Å². The van der Waals surface area contributed by atoms with Gasteiger partial charge in [-0.15, -0.1) is 0 Å². The molecule has 0 aliphatic carbocycles. The maximum atomic E-state index is 3.84. The number of rotatable bonds is 4. The summed E-state index contributed by atoms with van der Waals surface area (Å²) in [5, 5.41) is 3.84. The third-order valence-corrected chi connectivity index (χ3v) is 6.75. The smallest absolute Gasteiger partial charge is 0.137 e. The van der Waals surface area contributed by atoms with E-state index in [2.05, 4.69) is 87.0 Å². The van der Waals surface area contributed by atoms with Crippen LogP contribution >= 0.6 is 11.8 Å². The second-order valence-electron chi connectivity index (χ2n) is 8.00. The van der Waals surface area contributed by atoms with Crippen LogP contribution in [-0.2, 0) is 0 Å². The monoisotopic (exact) mass is 356 g/mol. The third-order valence-electron chi connectivity index (χ3n) is 4.28. The summed E-state index contributed by atoms with van der Waals surface area (Å²) in [5.74, 6) is 0. The lowest BCUT2D eigenvalue weighted by Crippen LogP contribution is -2.46. The molecule has 24 heavy (non-hydrogen) atoms. The van der Waals surface area contributed by atoms with Gasteiger partial charge in [-0.25, -0.2) is 0 Å². The second-order valence-corrected chi connectivity index (χ2v) is 14.6. The Morgan fingerprint density at radius 3 is 2.29 bits per heavy atom. The average molecular weight is 357 g/mol. The van der Waals surface area contributed by atoms with E-state index in [0.29, 0.717) is 0 Å². The van der Waals surface area contributed by atoms with E-state index in [9.17, 15) is 0 Å². The van der Waals surface area contributed by atoms with Gasteiger partial charge in [0.2, 0.25) is 0 Å². The minimum absolute atomic E-state index is 0.272. The van der Waals surface area contributed by atoms with Gasteiger partial charge in [-0.2, -0.15) is 0 Å². The normalized spacial score (nSPS) is 17.2. The Balaban J connectivity index is 2.03. The topological polar surface area (TPSA) is 15.3 Å². The molecule has 1 aliphatic rings. The van der Waals surface area contributed by atoms with Crippen molar-refractivity contribution in [1.82, 2.24) is 5.32 Å². The first-order chi connectivity index (χ1) is 11.3. The Bertz CT molecular complexity index is 729. The van der Waals surface area contributed by atoms with E-state index in [1.165, 1.54) is 33.0 Å². The van der Waals surface area contributed by atoms with E-state index in [-0.39, 0.29) is 5.50 Å². The van der Waals surface area contributed by atoms with E-state index in [0.717, 1.165) is 6.17 Å². The SMILES string of the molecule is Cc1cc(C)c(N2c3ccccc3SC2NC[Si](C)(C)C)c(C)c1. The van der Waals surface area contributed by atoms with Crippen molar-refractivity contribution in [2.24, 2.45) is 0 Å². The molecular formula is C20H28N2SSi. The van der Waals surface area contributed by atoms with Crippen molar-refractivity contribution in [2.75, 3.05) is 11.1 Å². The Hall–Kier alpha value is -1.23. The molecule has 2 nitrogen and oxygen atoms in total. The molecule has 1 N–H and O–H groups in total. The molecule has 0 spiro atoms. The fourth-order valence-electron chi connectivity index (χ4n) is 3.37. The Morgan fingerprint density at radius 2 is 1.67 bits per heavy atom. The summed E-state index contributed by atoms with van der Waals surface area (Å²) < 4.78 is 0. The number of thioether (sulfide) groups is 1. The highest BCUT2D eigenvalue weighted by molar-refractivity contribution is 8.00. The Kier molecular flexibility index (Phi) is 4.82. The molecule has 0 amide bonds. The fourth-order valence-corrected chi connectivity index (χ4v) is 5.50. The highest BCUT2D eigenvalue weighted by atomic mass is 32.2. The van der Waals surface area contributed by atoms with Crippen LogP contribution in [0.2, 0.25) is 19.6 Å². The number of nitrogens with zero attached hydrogens (tertiary/aromatic N) is 1. The van der Waals surface area contributed by atoms with Crippen LogP contribution in [0.4, 0.5) is 11.4 Å². The number of hydrogen-bond donors (Lipinski definition) is 1. The van der Waals surface area contributed by atoms with Crippen LogP contribution in [0.25, 0.3) is 0 Å². The molecule has 0 aromatic heterocycles. The van der Waals surface area contributed by atoms with Crippen molar-refractivity contribution in [3.63, 3.8) is 0 Å². The van der Waals surface area contributed by atoms with Gasteiger partial charge in [0, 0.05) is 10.6 Å². The number of aryl methyl sites for hydroxylation is 3. The van der Waals surface area contributed by atoms with E-state index >= 15 is 0 Å². The van der Waals surface area contributed by atoms with Crippen LogP contribution in [0.1, 0.15) is 16.7 Å². The maximum absolute atomic E-state index is 3.84. The number of hydrogen-bond acceptors (Lipinski definition) is 3. The summed E-state index contributed by atoms with van der Waals surface area (Å²) in [4.78, 5) is 3.87. The van der Waals surface area contributed by atoms with Gasteiger partial charge in [-0.3, -0.25) is 5.32 Å². The minimum Gasteiger partial charge on any atom is -0.314 e. The van der Waals surface area contributed by atoms with Crippen molar-refractivity contribution in [1.29, 1.82) is 0 Å². The molecule has 0 bridgehead atoms. The van der Waals surface area contributed by atoms with Crippen LogP contribution < -0.4 is 10.2 Å². The van der Waals surface area contributed by atoms with Crippen LogP contribution in [0.15, 0.2) is 41.3 Å².